The lowest BCUT2D eigenvalue weighted by atomic mass is 10.1. The van der Waals surface area contributed by atoms with Gasteiger partial charge in [-0.2, -0.15) is 0 Å². The number of hydrogen-bond donors (Lipinski definition) is 1. The number of benzene rings is 2. The first-order valence-corrected chi connectivity index (χ1v) is 9.98. The zero-order valence-corrected chi connectivity index (χ0v) is 21.2. The molecule has 172 valence electrons. The molecule has 0 amide bonds. The number of nitrogens with one attached hydrogen (secondary N) is 1. The lowest BCUT2D eigenvalue weighted by Gasteiger charge is -2.22. The molecule has 0 spiro atoms. The maximum atomic E-state index is 13.8. The molecule has 0 radical (unpaired) electrons. The molecule has 2 aromatic carbocycles. The van der Waals surface area contributed by atoms with E-state index in [1.54, 1.807) is 33.5 Å². The van der Waals surface area contributed by atoms with Crippen LogP contribution in [0.25, 0.3) is 0 Å². The summed E-state index contributed by atoms with van der Waals surface area (Å²) in [6, 6.07) is 11.0. The Balaban J connectivity index is 0.00000480. The molecule has 2 rings (SSSR count). The first-order valence-electron chi connectivity index (χ1n) is 9.98. The Labute approximate surface area is 201 Å². The van der Waals surface area contributed by atoms with Gasteiger partial charge in [-0.15, -0.1) is 24.0 Å². The fraction of sp³-hybridized carbons (Fsp3) is 0.435. The topological polar surface area (TPSA) is 55.3 Å². The lowest BCUT2D eigenvalue weighted by Crippen LogP contribution is -2.39. The van der Waals surface area contributed by atoms with E-state index in [1.807, 2.05) is 32.2 Å². The van der Waals surface area contributed by atoms with E-state index in [9.17, 15) is 4.39 Å². The van der Waals surface area contributed by atoms with Crippen LogP contribution in [0.1, 0.15) is 23.6 Å². The van der Waals surface area contributed by atoms with Crippen molar-refractivity contribution in [2.75, 3.05) is 41.5 Å². The third-order valence-corrected chi connectivity index (χ3v) is 4.70. The minimum atomic E-state index is -0.261. The van der Waals surface area contributed by atoms with E-state index in [2.05, 4.69) is 10.2 Å². The van der Waals surface area contributed by atoms with Gasteiger partial charge < -0.3 is 24.4 Å². The third kappa shape index (κ3) is 8.17. The average molecular weight is 545 g/mol. The molecule has 0 aromatic heterocycles. The maximum Gasteiger partial charge on any atom is 0.193 e. The summed E-state index contributed by atoms with van der Waals surface area (Å²) in [6.45, 7) is 4.28. The fourth-order valence-electron chi connectivity index (χ4n) is 3.07. The first kappa shape index (κ1) is 27.0. The molecule has 0 aliphatic carbocycles. The smallest absolute Gasteiger partial charge is 0.193 e. The number of hydrogen-bond acceptors (Lipinski definition) is 4. The van der Waals surface area contributed by atoms with Crippen molar-refractivity contribution < 1.29 is 18.6 Å². The van der Waals surface area contributed by atoms with Crippen molar-refractivity contribution in [2.24, 2.45) is 4.99 Å². The van der Waals surface area contributed by atoms with Crippen molar-refractivity contribution in [1.29, 1.82) is 0 Å². The maximum absolute atomic E-state index is 13.8. The van der Waals surface area contributed by atoms with Crippen LogP contribution < -0.4 is 14.8 Å². The zero-order chi connectivity index (χ0) is 21.9. The summed E-state index contributed by atoms with van der Waals surface area (Å²) in [5.41, 5.74) is 2.63. The summed E-state index contributed by atoms with van der Waals surface area (Å²) in [7, 11) is 6.82. The molecule has 0 bridgehead atoms. The highest BCUT2D eigenvalue weighted by atomic mass is 127. The van der Waals surface area contributed by atoms with Crippen molar-refractivity contribution in [3.8, 4) is 11.5 Å². The Kier molecular flexibility index (Phi) is 12.2. The van der Waals surface area contributed by atoms with Gasteiger partial charge in [0.15, 0.2) is 17.5 Å². The van der Waals surface area contributed by atoms with Gasteiger partial charge in [-0.25, -0.2) is 9.38 Å². The molecule has 0 fully saturated rings. The van der Waals surface area contributed by atoms with Crippen molar-refractivity contribution in [3.63, 3.8) is 0 Å². The standard InChI is InChI=1S/C23H32FN3O3.HI/c1-6-25-23(26-15-18-7-9-20(24)19(13-18)16-28-3)27(2)12-11-17-8-10-21(29-4)22(14-17)30-5;/h7-10,13-14H,6,11-12,15-16H2,1-5H3,(H,25,26);1H. The predicted octanol–water partition coefficient (Wildman–Crippen LogP) is 4.25. The fourth-order valence-corrected chi connectivity index (χ4v) is 3.07. The number of aliphatic imine (C=N–C) groups is 1. The van der Waals surface area contributed by atoms with Gasteiger partial charge in [0.05, 0.1) is 27.4 Å². The van der Waals surface area contributed by atoms with Gasteiger partial charge in [0.25, 0.3) is 0 Å². The van der Waals surface area contributed by atoms with Gasteiger partial charge in [-0.3, -0.25) is 0 Å². The van der Waals surface area contributed by atoms with Gasteiger partial charge in [0.2, 0.25) is 0 Å². The summed E-state index contributed by atoms with van der Waals surface area (Å²) in [4.78, 5) is 6.79. The van der Waals surface area contributed by atoms with E-state index in [-0.39, 0.29) is 36.4 Å². The molecule has 6 nitrogen and oxygen atoms in total. The van der Waals surface area contributed by atoms with E-state index in [0.29, 0.717) is 12.1 Å². The predicted molar refractivity (Wildman–Crippen MR) is 133 cm³/mol. The van der Waals surface area contributed by atoms with Crippen molar-refractivity contribution >= 4 is 29.9 Å². The Morgan fingerprint density at radius 1 is 1.03 bits per heavy atom. The number of methoxy groups -OCH3 is 3. The zero-order valence-electron chi connectivity index (χ0n) is 18.9. The number of ether oxygens (including phenoxy) is 3. The van der Waals surface area contributed by atoms with E-state index < -0.39 is 0 Å². The SMILES string of the molecule is CCNC(=NCc1ccc(F)c(COC)c1)N(C)CCc1ccc(OC)c(OC)c1.I. The van der Waals surface area contributed by atoms with Gasteiger partial charge in [0, 0.05) is 32.8 Å². The second-order valence-corrected chi connectivity index (χ2v) is 6.89. The molecule has 0 saturated heterocycles. The molecule has 0 aliphatic heterocycles. The van der Waals surface area contributed by atoms with Crippen LogP contribution in [-0.2, 0) is 24.3 Å². The van der Waals surface area contributed by atoms with E-state index in [1.165, 1.54) is 6.07 Å². The highest BCUT2D eigenvalue weighted by Gasteiger charge is 2.09. The van der Waals surface area contributed by atoms with Gasteiger partial charge in [-0.1, -0.05) is 12.1 Å². The number of likely N-dealkylation sites (N-methyl/N-ethyl adjacent to an activating group) is 1. The number of rotatable bonds is 10. The van der Waals surface area contributed by atoms with Crippen LogP contribution in [0, 0.1) is 5.82 Å². The normalized spacial score (nSPS) is 11.0. The Morgan fingerprint density at radius 3 is 2.39 bits per heavy atom. The average Bonchev–Trinajstić information content (AvgIpc) is 2.76. The second-order valence-electron chi connectivity index (χ2n) is 6.89. The molecule has 1 N–H and O–H groups in total. The quantitative estimate of drug-likeness (QED) is 0.275. The van der Waals surface area contributed by atoms with Crippen LogP contribution >= 0.6 is 24.0 Å². The number of halogens is 2. The molecular weight excluding hydrogens is 512 g/mol. The molecule has 0 aliphatic rings. The van der Waals surface area contributed by atoms with Crippen molar-refractivity contribution in [2.45, 2.75) is 26.5 Å². The highest BCUT2D eigenvalue weighted by Crippen LogP contribution is 2.27. The van der Waals surface area contributed by atoms with Gasteiger partial charge in [0.1, 0.15) is 5.82 Å². The first-order chi connectivity index (χ1) is 14.5. The number of guanidine groups is 1. The molecule has 0 heterocycles. The molecule has 0 unspecified atom stereocenters. The summed E-state index contributed by atoms with van der Waals surface area (Å²) < 4.78 is 29.6. The molecule has 2 aromatic rings. The monoisotopic (exact) mass is 545 g/mol. The second kappa shape index (κ2) is 14.1. The van der Waals surface area contributed by atoms with Gasteiger partial charge >= 0.3 is 0 Å². The summed E-state index contributed by atoms with van der Waals surface area (Å²) in [6.07, 6.45) is 0.829. The largest absolute Gasteiger partial charge is 0.493 e. The van der Waals surface area contributed by atoms with Crippen molar-refractivity contribution in [3.05, 3.63) is 58.9 Å². The molecule has 31 heavy (non-hydrogen) atoms. The van der Waals surface area contributed by atoms with E-state index >= 15 is 0 Å². The van der Waals surface area contributed by atoms with E-state index in [4.69, 9.17) is 19.2 Å². The summed E-state index contributed by atoms with van der Waals surface area (Å²) in [5, 5.41) is 3.31. The molecule has 8 heteroatoms. The Hall–Kier alpha value is -2.07. The van der Waals surface area contributed by atoms with E-state index in [0.717, 1.165) is 48.1 Å². The molecule has 0 atom stereocenters. The Bertz CT molecular complexity index is 849. The van der Waals surface area contributed by atoms with Crippen LogP contribution in [-0.4, -0.2) is 52.3 Å². The van der Waals surface area contributed by atoms with Crippen molar-refractivity contribution in [1.82, 2.24) is 10.2 Å². The van der Waals surface area contributed by atoms with Crippen LogP contribution in [0.15, 0.2) is 41.4 Å². The number of nitrogens with zero attached hydrogens (tertiary/aromatic N) is 2. The minimum Gasteiger partial charge on any atom is -0.493 e. The van der Waals surface area contributed by atoms with Crippen LogP contribution in [0.3, 0.4) is 0 Å². The highest BCUT2D eigenvalue weighted by molar-refractivity contribution is 14.0. The van der Waals surface area contributed by atoms with Crippen LogP contribution in [0.4, 0.5) is 4.39 Å². The lowest BCUT2D eigenvalue weighted by molar-refractivity contribution is 0.181. The molecule has 0 saturated carbocycles. The van der Waals surface area contributed by atoms with Crippen LogP contribution in [0.2, 0.25) is 0 Å². The van der Waals surface area contributed by atoms with Crippen LogP contribution in [0.5, 0.6) is 11.5 Å². The van der Waals surface area contributed by atoms with Gasteiger partial charge in [-0.05, 0) is 48.7 Å². The molecular formula is C23H33FIN3O3. The summed E-state index contributed by atoms with van der Waals surface area (Å²) in [5.74, 6) is 1.98. The minimum absolute atomic E-state index is 0. The third-order valence-electron chi connectivity index (χ3n) is 4.70. The Morgan fingerprint density at radius 2 is 1.74 bits per heavy atom. The summed E-state index contributed by atoms with van der Waals surface area (Å²) >= 11 is 0.